The summed E-state index contributed by atoms with van der Waals surface area (Å²) < 4.78 is 1.13. The third-order valence-electron chi connectivity index (χ3n) is 2.96. The molecule has 0 fully saturated rings. The number of rotatable bonds is 2. The van der Waals surface area contributed by atoms with Crippen LogP contribution in [0.1, 0.15) is 11.8 Å². The first-order valence-corrected chi connectivity index (χ1v) is 8.02. The van der Waals surface area contributed by atoms with Crippen molar-refractivity contribution in [2.75, 3.05) is 5.01 Å². The van der Waals surface area contributed by atoms with Crippen molar-refractivity contribution in [1.82, 2.24) is 0 Å². The van der Waals surface area contributed by atoms with E-state index < -0.39 is 0 Å². The number of nitrogens with zero attached hydrogens (tertiary/aromatic N) is 2. The van der Waals surface area contributed by atoms with Crippen LogP contribution in [0.2, 0.25) is 0 Å². The summed E-state index contributed by atoms with van der Waals surface area (Å²) in [6, 6.07) is 11.7. The number of amides is 1. The Kier molecular flexibility index (Phi) is 3.71. The van der Waals surface area contributed by atoms with Crippen molar-refractivity contribution in [2.24, 2.45) is 5.10 Å². The number of anilines is 1. The Morgan fingerprint density at radius 1 is 1.25 bits per heavy atom. The minimum atomic E-state index is -0.0721. The lowest BCUT2D eigenvalue weighted by Gasteiger charge is -2.11. The van der Waals surface area contributed by atoms with E-state index in [4.69, 9.17) is 0 Å². The van der Waals surface area contributed by atoms with E-state index in [2.05, 4.69) is 27.7 Å². The quantitative estimate of drug-likeness (QED) is 0.556. The van der Waals surface area contributed by atoms with Crippen LogP contribution in [-0.2, 0) is 4.79 Å². The van der Waals surface area contributed by atoms with Gasteiger partial charge >= 0.3 is 0 Å². The van der Waals surface area contributed by atoms with E-state index >= 15 is 0 Å². The fraction of sp³-hybridized carbons (Fsp3) is 0.0667. The van der Waals surface area contributed by atoms with Crippen LogP contribution < -0.4 is 5.01 Å². The molecule has 1 amide bonds. The van der Waals surface area contributed by atoms with Crippen molar-refractivity contribution in [1.29, 1.82) is 0 Å². The molecule has 1 aromatic carbocycles. The molecule has 0 radical (unpaired) electrons. The summed E-state index contributed by atoms with van der Waals surface area (Å²) in [5.74, 6) is -0.0721. The van der Waals surface area contributed by atoms with Crippen LogP contribution in [0.15, 0.2) is 52.5 Å². The maximum absolute atomic E-state index is 12.5. The van der Waals surface area contributed by atoms with Gasteiger partial charge in [0.05, 0.1) is 17.0 Å². The minimum absolute atomic E-state index is 0.0721. The third-order valence-corrected chi connectivity index (χ3v) is 4.50. The van der Waals surface area contributed by atoms with Crippen molar-refractivity contribution in [3.63, 3.8) is 0 Å². The molecule has 3 nitrogen and oxygen atoms in total. The van der Waals surface area contributed by atoms with Crippen molar-refractivity contribution in [3.05, 3.63) is 55.8 Å². The number of carbonyl (C=O) groups is 1. The molecule has 5 heteroatoms. The molecule has 2 aromatic rings. The number of carbonyl (C=O) groups excluding carboxylic acids is 1. The predicted molar refractivity (Wildman–Crippen MR) is 92.1 cm³/mol. The molecule has 1 aliphatic rings. The van der Waals surface area contributed by atoms with Gasteiger partial charge in [-0.15, -0.1) is 11.3 Å². The summed E-state index contributed by atoms with van der Waals surface area (Å²) in [7, 11) is 0. The average molecular weight is 394 g/mol. The number of halogens is 1. The zero-order chi connectivity index (χ0) is 14.1. The van der Waals surface area contributed by atoms with Crippen LogP contribution in [0.3, 0.4) is 0 Å². The third kappa shape index (κ3) is 2.55. The molecule has 0 unspecified atom stereocenters. The second kappa shape index (κ2) is 5.49. The number of hydrazone groups is 1. The fourth-order valence-corrected chi connectivity index (χ4v) is 2.97. The van der Waals surface area contributed by atoms with Gasteiger partial charge in [-0.1, -0.05) is 6.07 Å². The minimum Gasteiger partial charge on any atom is -0.267 e. The summed E-state index contributed by atoms with van der Waals surface area (Å²) >= 11 is 3.85. The Labute approximate surface area is 134 Å². The normalized spacial score (nSPS) is 16.9. The first kappa shape index (κ1) is 13.5. The van der Waals surface area contributed by atoms with Gasteiger partial charge in [0.15, 0.2) is 0 Å². The zero-order valence-electron chi connectivity index (χ0n) is 10.7. The Bertz CT molecular complexity index is 702. The molecule has 0 aliphatic carbocycles. The van der Waals surface area contributed by atoms with Gasteiger partial charge in [0.2, 0.25) is 0 Å². The van der Waals surface area contributed by atoms with Crippen LogP contribution in [0.5, 0.6) is 0 Å². The van der Waals surface area contributed by atoms with Crippen LogP contribution in [0.4, 0.5) is 5.69 Å². The van der Waals surface area contributed by atoms with Gasteiger partial charge in [-0.3, -0.25) is 4.79 Å². The van der Waals surface area contributed by atoms with E-state index in [9.17, 15) is 4.79 Å². The molecule has 0 bridgehead atoms. The first-order chi connectivity index (χ1) is 9.65. The molecule has 0 saturated heterocycles. The van der Waals surface area contributed by atoms with Crippen molar-refractivity contribution in [2.45, 2.75) is 6.92 Å². The molecule has 0 saturated carbocycles. The molecule has 1 aromatic heterocycles. The second-order valence-electron chi connectivity index (χ2n) is 4.35. The van der Waals surface area contributed by atoms with Gasteiger partial charge in [-0.25, -0.2) is 0 Å². The van der Waals surface area contributed by atoms with Crippen LogP contribution in [0.25, 0.3) is 6.08 Å². The highest BCUT2D eigenvalue weighted by atomic mass is 127. The summed E-state index contributed by atoms with van der Waals surface area (Å²) in [5.41, 5.74) is 2.21. The Morgan fingerprint density at radius 2 is 2.00 bits per heavy atom. The van der Waals surface area contributed by atoms with Gasteiger partial charge in [0.1, 0.15) is 0 Å². The van der Waals surface area contributed by atoms with Crippen LogP contribution in [0, 0.1) is 3.57 Å². The summed E-state index contributed by atoms with van der Waals surface area (Å²) in [6.07, 6.45) is 1.90. The monoisotopic (exact) mass is 394 g/mol. The maximum atomic E-state index is 12.5. The van der Waals surface area contributed by atoms with E-state index in [0.29, 0.717) is 5.57 Å². The highest BCUT2D eigenvalue weighted by Crippen LogP contribution is 2.26. The standard InChI is InChI=1S/C15H11IN2OS/c1-10-14(9-13-3-2-8-20-13)15(19)18(17-10)12-6-4-11(16)5-7-12/h2-9H,1H3. The van der Waals surface area contributed by atoms with E-state index in [0.717, 1.165) is 19.8 Å². The molecular formula is C15H11IN2OS. The fourth-order valence-electron chi connectivity index (χ4n) is 1.96. The van der Waals surface area contributed by atoms with Gasteiger partial charge in [0, 0.05) is 8.45 Å². The highest BCUT2D eigenvalue weighted by Gasteiger charge is 2.28. The molecule has 0 spiro atoms. The van der Waals surface area contributed by atoms with Gasteiger partial charge in [-0.05, 0) is 71.3 Å². The van der Waals surface area contributed by atoms with E-state index in [-0.39, 0.29) is 5.91 Å². The number of benzene rings is 1. The van der Waals surface area contributed by atoms with Crippen LogP contribution in [-0.4, -0.2) is 11.6 Å². The van der Waals surface area contributed by atoms with Crippen molar-refractivity contribution >= 4 is 57.3 Å². The van der Waals surface area contributed by atoms with E-state index in [1.54, 1.807) is 11.3 Å². The van der Waals surface area contributed by atoms with Gasteiger partial charge < -0.3 is 0 Å². The molecular weight excluding hydrogens is 383 g/mol. The van der Waals surface area contributed by atoms with Crippen molar-refractivity contribution < 1.29 is 4.79 Å². The van der Waals surface area contributed by atoms with E-state index in [1.807, 2.05) is 54.8 Å². The number of hydrogen-bond acceptors (Lipinski definition) is 3. The zero-order valence-corrected chi connectivity index (χ0v) is 13.7. The molecule has 0 N–H and O–H groups in total. The lowest BCUT2D eigenvalue weighted by Crippen LogP contribution is -2.21. The number of thiophene rings is 1. The SMILES string of the molecule is CC1=NN(c2ccc(I)cc2)C(=O)C1=Cc1cccs1. The van der Waals surface area contributed by atoms with E-state index in [1.165, 1.54) is 5.01 Å². The molecule has 2 heterocycles. The Balaban J connectivity index is 1.94. The Hall–Kier alpha value is -1.47. The molecule has 0 atom stereocenters. The lowest BCUT2D eigenvalue weighted by molar-refractivity contribution is -0.114. The predicted octanol–water partition coefficient (Wildman–Crippen LogP) is 4.16. The second-order valence-corrected chi connectivity index (χ2v) is 6.58. The highest BCUT2D eigenvalue weighted by molar-refractivity contribution is 14.1. The summed E-state index contributed by atoms with van der Waals surface area (Å²) in [5, 5.41) is 7.82. The molecule has 20 heavy (non-hydrogen) atoms. The maximum Gasteiger partial charge on any atom is 0.280 e. The molecule has 3 rings (SSSR count). The summed E-state index contributed by atoms with van der Waals surface area (Å²) in [4.78, 5) is 13.5. The lowest BCUT2D eigenvalue weighted by atomic mass is 10.1. The smallest absolute Gasteiger partial charge is 0.267 e. The van der Waals surface area contributed by atoms with Crippen molar-refractivity contribution in [3.8, 4) is 0 Å². The molecule has 1 aliphatic heterocycles. The molecule has 100 valence electrons. The number of hydrogen-bond donors (Lipinski definition) is 0. The Morgan fingerprint density at radius 3 is 2.65 bits per heavy atom. The first-order valence-electron chi connectivity index (χ1n) is 6.06. The van der Waals surface area contributed by atoms with Gasteiger partial charge in [-0.2, -0.15) is 10.1 Å². The van der Waals surface area contributed by atoms with Crippen LogP contribution >= 0.6 is 33.9 Å². The average Bonchev–Trinajstić information content (AvgIpc) is 3.04. The topological polar surface area (TPSA) is 32.7 Å². The largest absolute Gasteiger partial charge is 0.280 e. The summed E-state index contributed by atoms with van der Waals surface area (Å²) in [6.45, 7) is 1.87. The van der Waals surface area contributed by atoms with Gasteiger partial charge in [0.25, 0.3) is 5.91 Å².